The molecule has 0 aliphatic rings. The highest BCUT2D eigenvalue weighted by atomic mass is 31.2. The van der Waals surface area contributed by atoms with Gasteiger partial charge in [0.1, 0.15) is 19.3 Å². The van der Waals surface area contributed by atoms with Crippen LogP contribution < -0.4 is 0 Å². The van der Waals surface area contributed by atoms with Gasteiger partial charge in [-0.15, -0.1) is 0 Å². The summed E-state index contributed by atoms with van der Waals surface area (Å²) in [4.78, 5) is 73.0. The largest absolute Gasteiger partial charge is 0.472 e. The number of esters is 4. The molecule has 0 bridgehead atoms. The normalized spacial score (nSPS) is 14.2. The molecule has 0 aromatic rings. The molecular formula is C81H158O17P2. The van der Waals surface area contributed by atoms with E-state index in [0.717, 1.165) is 102 Å². The highest BCUT2D eigenvalue weighted by molar-refractivity contribution is 7.47. The van der Waals surface area contributed by atoms with Crippen molar-refractivity contribution in [2.45, 2.75) is 445 Å². The van der Waals surface area contributed by atoms with Crippen molar-refractivity contribution < 1.29 is 80.2 Å². The van der Waals surface area contributed by atoms with Crippen molar-refractivity contribution in [2.75, 3.05) is 39.6 Å². The lowest BCUT2D eigenvalue weighted by molar-refractivity contribution is -0.161. The van der Waals surface area contributed by atoms with Crippen molar-refractivity contribution >= 4 is 39.5 Å². The fourth-order valence-electron chi connectivity index (χ4n) is 12.5. The Morgan fingerprint density at radius 2 is 0.510 bits per heavy atom. The molecule has 0 rings (SSSR count). The summed E-state index contributed by atoms with van der Waals surface area (Å²) in [6.45, 7) is 9.68. The first-order valence-corrected chi connectivity index (χ1v) is 45.0. The Labute approximate surface area is 613 Å². The topological polar surface area (TPSA) is 237 Å². The molecule has 3 unspecified atom stereocenters. The maximum atomic E-state index is 13.1. The molecule has 0 amide bonds. The summed E-state index contributed by atoms with van der Waals surface area (Å²) in [6.07, 6.45) is 62.3. The highest BCUT2D eigenvalue weighted by Crippen LogP contribution is 2.45. The molecule has 0 saturated heterocycles. The molecule has 594 valence electrons. The fraction of sp³-hybridized carbons (Fsp3) is 0.951. The lowest BCUT2D eigenvalue weighted by atomic mass is 9.99. The van der Waals surface area contributed by atoms with E-state index >= 15 is 0 Å². The summed E-state index contributed by atoms with van der Waals surface area (Å²) in [5, 5.41) is 10.6. The van der Waals surface area contributed by atoms with Gasteiger partial charge in [-0.1, -0.05) is 375 Å². The average Bonchev–Trinajstić information content (AvgIpc) is 1.13. The summed E-state index contributed by atoms with van der Waals surface area (Å²) in [5.74, 6) is -0.510. The molecule has 3 N–H and O–H groups in total. The Morgan fingerprint density at radius 3 is 0.760 bits per heavy atom. The molecule has 17 nitrogen and oxygen atoms in total. The standard InChI is InChI=1S/C81H158O17P2/c1-7-10-12-14-16-18-20-21-22-23-24-25-29-33-40-46-52-58-64-79(84)92-70-76(97-80(85)65-59-53-47-41-34-30-27-26-28-32-38-44-50-56-62-74(6)9-3)71-95-99(87,88)93-67-75(82)68-94-100(89,90)96-72-77(69-91-78(83)63-57-51-45-39-31-19-17-15-13-11-8-2)98-81(86)66-60-54-48-42-36-35-37-43-49-55-61-73(4)5/h73-77,82H,7-72H2,1-6H3,(H,87,88)(H,89,90)/t74?,75-,76-,77-/m1/s1. The molecule has 6 atom stereocenters. The second-order valence-electron chi connectivity index (χ2n) is 29.9. The van der Waals surface area contributed by atoms with Crippen molar-refractivity contribution in [2.24, 2.45) is 11.8 Å². The first-order valence-electron chi connectivity index (χ1n) is 42.0. The number of phosphoric acid groups is 2. The van der Waals surface area contributed by atoms with Crippen LogP contribution in [0, 0.1) is 11.8 Å². The van der Waals surface area contributed by atoms with E-state index in [4.69, 9.17) is 37.0 Å². The summed E-state index contributed by atoms with van der Waals surface area (Å²) < 4.78 is 68.7. The van der Waals surface area contributed by atoms with Crippen LogP contribution in [0.2, 0.25) is 0 Å². The van der Waals surface area contributed by atoms with Crippen LogP contribution in [0.4, 0.5) is 0 Å². The Bertz CT molecular complexity index is 1930. The smallest absolute Gasteiger partial charge is 0.462 e. The number of hydrogen-bond donors (Lipinski definition) is 3. The van der Waals surface area contributed by atoms with Gasteiger partial charge in [0.05, 0.1) is 26.4 Å². The number of hydrogen-bond acceptors (Lipinski definition) is 15. The zero-order valence-electron chi connectivity index (χ0n) is 65.5. The van der Waals surface area contributed by atoms with E-state index in [2.05, 4.69) is 41.5 Å². The van der Waals surface area contributed by atoms with Gasteiger partial charge < -0.3 is 33.8 Å². The minimum absolute atomic E-state index is 0.106. The molecule has 0 heterocycles. The maximum absolute atomic E-state index is 13.1. The Morgan fingerprint density at radius 1 is 0.290 bits per heavy atom. The zero-order valence-corrected chi connectivity index (χ0v) is 67.3. The van der Waals surface area contributed by atoms with Gasteiger partial charge in [-0.3, -0.25) is 37.3 Å². The molecule has 0 aliphatic carbocycles. The van der Waals surface area contributed by atoms with Crippen LogP contribution in [-0.2, 0) is 65.4 Å². The predicted molar refractivity (Wildman–Crippen MR) is 409 cm³/mol. The van der Waals surface area contributed by atoms with Gasteiger partial charge in [-0.05, 0) is 37.5 Å². The van der Waals surface area contributed by atoms with Gasteiger partial charge in [0.15, 0.2) is 12.2 Å². The first-order chi connectivity index (χ1) is 48.4. The number of carbonyl (C=O) groups excluding carboxylic acids is 4. The molecule has 0 fully saturated rings. The summed E-state index contributed by atoms with van der Waals surface area (Å²) in [7, 11) is -9.92. The lowest BCUT2D eigenvalue weighted by Gasteiger charge is -2.21. The molecule has 100 heavy (non-hydrogen) atoms. The molecule has 0 aliphatic heterocycles. The van der Waals surface area contributed by atoms with Gasteiger partial charge >= 0.3 is 39.5 Å². The van der Waals surface area contributed by atoms with Crippen LogP contribution in [0.1, 0.15) is 427 Å². The lowest BCUT2D eigenvalue weighted by Crippen LogP contribution is -2.30. The third kappa shape index (κ3) is 73.0. The summed E-state index contributed by atoms with van der Waals surface area (Å²) in [6, 6.07) is 0. The molecule has 0 aromatic heterocycles. The Balaban J connectivity index is 5.25. The Hall–Kier alpha value is -1.94. The van der Waals surface area contributed by atoms with E-state index < -0.39 is 97.5 Å². The molecular weight excluding hydrogens is 1310 g/mol. The van der Waals surface area contributed by atoms with Crippen LogP contribution >= 0.6 is 15.6 Å². The van der Waals surface area contributed by atoms with Gasteiger partial charge in [0.2, 0.25) is 0 Å². The summed E-state index contributed by atoms with van der Waals surface area (Å²) >= 11 is 0. The minimum Gasteiger partial charge on any atom is -0.462 e. The third-order valence-corrected chi connectivity index (χ3v) is 21.2. The van der Waals surface area contributed by atoms with Gasteiger partial charge in [0.25, 0.3) is 0 Å². The van der Waals surface area contributed by atoms with E-state index in [-0.39, 0.29) is 25.7 Å². The minimum atomic E-state index is -4.96. The average molecular weight is 1470 g/mol. The van der Waals surface area contributed by atoms with E-state index in [1.807, 2.05) is 0 Å². The molecule has 19 heteroatoms. The third-order valence-electron chi connectivity index (χ3n) is 19.3. The van der Waals surface area contributed by atoms with Crippen LogP contribution in [0.25, 0.3) is 0 Å². The number of ether oxygens (including phenoxy) is 4. The van der Waals surface area contributed by atoms with Crippen molar-refractivity contribution in [1.29, 1.82) is 0 Å². The summed E-state index contributed by atoms with van der Waals surface area (Å²) in [5.41, 5.74) is 0. The van der Waals surface area contributed by atoms with Gasteiger partial charge in [-0.25, -0.2) is 9.13 Å². The quantitative estimate of drug-likeness (QED) is 0.0222. The van der Waals surface area contributed by atoms with Crippen LogP contribution in [0.15, 0.2) is 0 Å². The van der Waals surface area contributed by atoms with Gasteiger partial charge in [0, 0.05) is 25.7 Å². The number of phosphoric ester groups is 2. The SMILES string of the molecule is CCCCCCCCCCCCCCCCCCCCC(=O)OC[C@H](COP(=O)(O)OC[C@@H](O)COP(=O)(O)OC[C@@H](COC(=O)CCCCCCCCCCCCC)OC(=O)CCCCCCCCCCCCC(C)C)OC(=O)CCCCCCCCCCCCCCCCC(C)CC. The van der Waals surface area contributed by atoms with Crippen LogP contribution in [0.3, 0.4) is 0 Å². The number of aliphatic hydroxyl groups is 1. The second-order valence-corrected chi connectivity index (χ2v) is 32.8. The fourth-order valence-corrected chi connectivity index (χ4v) is 14.1. The molecule has 0 saturated carbocycles. The van der Waals surface area contributed by atoms with E-state index in [1.165, 1.54) is 244 Å². The molecule has 0 radical (unpaired) electrons. The van der Waals surface area contributed by atoms with Gasteiger partial charge in [-0.2, -0.15) is 0 Å². The van der Waals surface area contributed by atoms with E-state index in [1.54, 1.807) is 0 Å². The van der Waals surface area contributed by atoms with Crippen molar-refractivity contribution in [3.8, 4) is 0 Å². The second kappa shape index (κ2) is 72.6. The van der Waals surface area contributed by atoms with Crippen molar-refractivity contribution in [1.82, 2.24) is 0 Å². The number of unbranched alkanes of at least 4 members (excludes halogenated alkanes) is 49. The van der Waals surface area contributed by atoms with Crippen molar-refractivity contribution in [3.05, 3.63) is 0 Å². The monoisotopic (exact) mass is 1470 g/mol. The predicted octanol–water partition coefficient (Wildman–Crippen LogP) is 24.3. The highest BCUT2D eigenvalue weighted by Gasteiger charge is 2.30. The zero-order chi connectivity index (χ0) is 73.5. The van der Waals surface area contributed by atoms with Crippen molar-refractivity contribution in [3.63, 3.8) is 0 Å². The maximum Gasteiger partial charge on any atom is 0.472 e. The Kier molecular flexibility index (Phi) is 71.2. The van der Waals surface area contributed by atoms with E-state index in [9.17, 15) is 43.2 Å². The number of aliphatic hydroxyl groups excluding tert-OH is 1. The number of carbonyl (C=O) groups is 4. The molecule has 0 aromatic carbocycles. The first kappa shape index (κ1) is 98.1. The number of rotatable bonds is 80. The van der Waals surface area contributed by atoms with E-state index in [0.29, 0.717) is 25.7 Å². The van der Waals surface area contributed by atoms with Crippen LogP contribution in [-0.4, -0.2) is 96.7 Å². The molecule has 0 spiro atoms. The van der Waals surface area contributed by atoms with Crippen LogP contribution in [0.5, 0.6) is 0 Å².